The lowest BCUT2D eigenvalue weighted by Gasteiger charge is -2.07. The Kier molecular flexibility index (Phi) is 4.94. The summed E-state index contributed by atoms with van der Waals surface area (Å²) in [6.07, 6.45) is 0. The molecule has 0 fully saturated rings. The highest BCUT2D eigenvalue weighted by molar-refractivity contribution is 7.98. The van der Waals surface area contributed by atoms with E-state index in [1.807, 2.05) is 60.7 Å². The number of rotatable bonds is 6. The van der Waals surface area contributed by atoms with E-state index >= 15 is 0 Å². The minimum absolute atomic E-state index is 0.0301. The number of carbonyl (C=O) groups is 1. The zero-order chi connectivity index (χ0) is 20.3. The Labute approximate surface area is 175 Å². The van der Waals surface area contributed by atoms with E-state index in [0.29, 0.717) is 28.7 Å². The second-order valence-corrected chi connectivity index (χ2v) is 7.53. The first kappa shape index (κ1) is 18.4. The van der Waals surface area contributed by atoms with Gasteiger partial charge in [0.15, 0.2) is 17.8 Å². The molecule has 0 amide bonds. The monoisotopic (exact) mass is 416 g/mol. The highest BCUT2D eigenvalue weighted by Crippen LogP contribution is 2.28. The summed E-state index contributed by atoms with van der Waals surface area (Å²) in [6.45, 7) is -0.0301. The fourth-order valence-electron chi connectivity index (χ4n) is 3.07. The van der Waals surface area contributed by atoms with Crippen LogP contribution in [-0.4, -0.2) is 15.9 Å². The van der Waals surface area contributed by atoms with Gasteiger partial charge in [0.25, 0.3) is 0 Å². The number of hydrogen-bond donors (Lipinski definition) is 0. The third-order valence-electron chi connectivity index (χ3n) is 4.46. The van der Waals surface area contributed by atoms with Crippen molar-refractivity contribution in [3.8, 4) is 0 Å². The normalized spacial score (nSPS) is 11.2. The summed E-state index contributed by atoms with van der Waals surface area (Å²) in [5.74, 6) is 1.04. The Balaban J connectivity index is 1.27. The predicted octanol–water partition coefficient (Wildman–Crippen LogP) is 5.62. The number of thioether (sulfide) groups is 1. The molecule has 0 spiro atoms. The molecule has 0 atom stereocenters. The quantitative estimate of drug-likeness (QED) is 0.263. The molecule has 0 saturated heterocycles. The first-order valence-corrected chi connectivity index (χ1v) is 10.3. The summed E-state index contributed by atoms with van der Waals surface area (Å²) in [4.78, 5) is 22.3. The average Bonchev–Trinajstić information content (AvgIpc) is 3.39. The van der Waals surface area contributed by atoms with Crippen LogP contribution >= 0.6 is 11.8 Å². The SMILES string of the molecule is O=C(OCc1nc2ccccc2o1)c1ccccc1SCc1nc2ccccc2o1. The van der Waals surface area contributed by atoms with Crippen molar-refractivity contribution in [3.05, 3.63) is 90.1 Å². The lowest BCUT2D eigenvalue weighted by molar-refractivity contribution is 0.0436. The number of fused-ring (bicyclic) bond motifs is 2. The minimum Gasteiger partial charge on any atom is -0.452 e. The van der Waals surface area contributed by atoms with Crippen molar-refractivity contribution in [2.45, 2.75) is 17.3 Å². The molecule has 0 aliphatic heterocycles. The molecule has 2 aromatic heterocycles. The first-order chi connectivity index (χ1) is 14.8. The molecular weight excluding hydrogens is 400 g/mol. The number of benzene rings is 3. The van der Waals surface area contributed by atoms with Crippen molar-refractivity contribution in [3.63, 3.8) is 0 Å². The van der Waals surface area contributed by atoms with Gasteiger partial charge in [-0.1, -0.05) is 36.4 Å². The van der Waals surface area contributed by atoms with E-state index in [4.69, 9.17) is 13.6 Å². The van der Waals surface area contributed by atoms with Crippen LogP contribution in [-0.2, 0) is 17.1 Å². The predicted molar refractivity (Wildman–Crippen MR) is 113 cm³/mol. The molecule has 3 aromatic carbocycles. The van der Waals surface area contributed by atoms with E-state index in [0.717, 1.165) is 21.5 Å². The molecule has 7 heteroatoms. The molecule has 5 aromatic rings. The molecule has 30 heavy (non-hydrogen) atoms. The van der Waals surface area contributed by atoms with Gasteiger partial charge in [0.05, 0.1) is 11.3 Å². The summed E-state index contributed by atoms with van der Waals surface area (Å²) < 4.78 is 16.8. The fraction of sp³-hybridized carbons (Fsp3) is 0.0870. The second kappa shape index (κ2) is 8.04. The van der Waals surface area contributed by atoms with Crippen LogP contribution in [0.25, 0.3) is 22.2 Å². The third-order valence-corrected chi connectivity index (χ3v) is 5.52. The fourth-order valence-corrected chi connectivity index (χ4v) is 3.95. The lowest BCUT2D eigenvalue weighted by atomic mass is 10.2. The summed E-state index contributed by atoms with van der Waals surface area (Å²) >= 11 is 1.47. The average molecular weight is 416 g/mol. The summed E-state index contributed by atoms with van der Waals surface area (Å²) in [5, 5.41) is 0. The van der Waals surface area contributed by atoms with Crippen LogP contribution < -0.4 is 0 Å². The smallest absolute Gasteiger partial charge is 0.339 e. The van der Waals surface area contributed by atoms with Crippen LogP contribution in [0.15, 0.2) is 86.5 Å². The number of esters is 1. The van der Waals surface area contributed by atoms with Crippen molar-refractivity contribution in [2.24, 2.45) is 0 Å². The maximum Gasteiger partial charge on any atom is 0.339 e. The van der Waals surface area contributed by atoms with Crippen LogP contribution in [0, 0.1) is 0 Å². The van der Waals surface area contributed by atoms with Gasteiger partial charge in [0.2, 0.25) is 11.8 Å². The van der Waals surface area contributed by atoms with Gasteiger partial charge in [0.1, 0.15) is 11.0 Å². The topological polar surface area (TPSA) is 78.4 Å². The van der Waals surface area contributed by atoms with Crippen molar-refractivity contribution in [2.75, 3.05) is 0 Å². The van der Waals surface area contributed by atoms with E-state index in [-0.39, 0.29) is 6.61 Å². The molecule has 6 nitrogen and oxygen atoms in total. The maximum atomic E-state index is 12.7. The number of para-hydroxylation sites is 4. The molecule has 0 aliphatic rings. The maximum absolute atomic E-state index is 12.7. The van der Waals surface area contributed by atoms with E-state index in [1.165, 1.54) is 11.8 Å². The molecule has 0 N–H and O–H groups in total. The highest BCUT2D eigenvalue weighted by Gasteiger charge is 2.16. The zero-order valence-corrected chi connectivity index (χ0v) is 16.6. The third kappa shape index (κ3) is 3.79. The first-order valence-electron chi connectivity index (χ1n) is 9.34. The van der Waals surface area contributed by atoms with Gasteiger partial charge in [-0.05, 0) is 36.4 Å². The Morgan fingerprint density at radius 1 is 0.800 bits per heavy atom. The van der Waals surface area contributed by atoms with Crippen LogP contribution in [0.5, 0.6) is 0 Å². The van der Waals surface area contributed by atoms with Crippen LogP contribution in [0.4, 0.5) is 0 Å². The molecule has 0 bridgehead atoms. The van der Waals surface area contributed by atoms with Gasteiger partial charge < -0.3 is 13.6 Å². The second-order valence-electron chi connectivity index (χ2n) is 6.51. The number of nitrogens with zero attached hydrogens (tertiary/aromatic N) is 2. The molecule has 148 valence electrons. The van der Waals surface area contributed by atoms with Gasteiger partial charge in [-0.3, -0.25) is 0 Å². The Bertz CT molecular complexity index is 1280. The molecule has 2 heterocycles. The Hall–Kier alpha value is -3.58. The van der Waals surface area contributed by atoms with Crippen molar-refractivity contribution >= 4 is 39.9 Å². The zero-order valence-electron chi connectivity index (χ0n) is 15.8. The number of oxazole rings is 2. The number of aromatic nitrogens is 2. The highest BCUT2D eigenvalue weighted by atomic mass is 32.2. The number of carbonyl (C=O) groups excluding carboxylic acids is 1. The summed E-state index contributed by atoms with van der Waals surface area (Å²) in [6, 6.07) is 22.3. The van der Waals surface area contributed by atoms with Gasteiger partial charge in [-0.15, -0.1) is 11.8 Å². The standard InChI is InChI=1S/C23H16N2O4S/c26-23(27-13-21-24-16-8-2-4-10-18(16)28-21)15-7-1-6-12-20(15)30-14-22-25-17-9-3-5-11-19(17)29-22/h1-12H,13-14H2. The molecule has 5 rings (SSSR count). The number of hydrogen-bond acceptors (Lipinski definition) is 7. The number of ether oxygens (including phenoxy) is 1. The summed E-state index contributed by atoms with van der Waals surface area (Å²) in [7, 11) is 0. The van der Waals surface area contributed by atoms with E-state index in [1.54, 1.807) is 12.1 Å². The van der Waals surface area contributed by atoms with Gasteiger partial charge in [-0.25, -0.2) is 14.8 Å². The molecule has 0 aliphatic carbocycles. The molecular formula is C23H16N2O4S. The Morgan fingerprint density at radius 2 is 1.40 bits per heavy atom. The molecule has 0 unspecified atom stereocenters. The van der Waals surface area contributed by atoms with Crippen LogP contribution in [0.1, 0.15) is 22.1 Å². The van der Waals surface area contributed by atoms with E-state index in [2.05, 4.69) is 9.97 Å². The van der Waals surface area contributed by atoms with E-state index < -0.39 is 5.97 Å². The lowest BCUT2D eigenvalue weighted by Crippen LogP contribution is -2.06. The van der Waals surface area contributed by atoms with Gasteiger partial charge in [0, 0.05) is 4.90 Å². The molecule has 0 saturated carbocycles. The minimum atomic E-state index is -0.432. The largest absolute Gasteiger partial charge is 0.452 e. The Morgan fingerprint density at radius 3 is 2.13 bits per heavy atom. The molecule has 0 radical (unpaired) electrons. The van der Waals surface area contributed by atoms with Crippen molar-refractivity contribution in [1.29, 1.82) is 0 Å². The summed E-state index contributed by atoms with van der Waals surface area (Å²) in [5.41, 5.74) is 3.45. The van der Waals surface area contributed by atoms with E-state index in [9.17, 15) is 4.79 Å². The van der Waals surface area contributed by atoms with Crippen LogP contribution in [0.2, 0.25) is 0 Å². The van der Waals surface area contributed by atoms with Crippen LogP contribution in [0.3, 0.4) is 0 Å². The van der Waals surface area contributed by atoms with Crippen molar-refractivity contribution < 1.29 is 18.4 Å². The van der Waals surface area contributed by atoms with Crippen molar-refractivity contribution in [1.82, 2.24) is 9.97 Å². The van der Waals surface area contributed by atoms with Gasteiger partial charge in [-0.2, -0.15) is 0 Å². The van der Waals surface area contributed by atoms with Gasteiger partial charge >= 0.3 is 5.97 Å².